The third-order valence-corrected chi connectivity index (χ3v) is 4.24. The highest BCUT2D eigenvalue weighted by Crippen LogP contribution is 2.32. The Labute approximate surface area is 153 Å². The van der Waals surface area contributed by atoms with E-state index < -0.39 is 0 Å². The molecule has 0 atom stereocenters. The van der Waals surface area contributed by atoms with Crippen LogP contribution in [0, 0.1) is 0 Å². The minimum Gasteiger partial charge on any atom is -0.490 e. The summed E-state index contributed by atoms with van der Waals surface area (Å²) in [5.41, 5.74) is 1.86. The van der Waals surface area contributed by atoms with Gasteiger partial charge in [-0.15, -0.1) is 0 Å². The molecule has 3 rings (SSSR count). The minimum absolute atomic E-state index is 0.188. The van der Waals surface area contributed by atoms with Crippen LogP contribution in [0.15, 0.2) is 48.0 Å². The molecule has 0 fully saturated rings. The van der Waals surface area contributed by atoms with Gasteiger partial charge in [0, 0.05) is 11.1 Å². The van der Waals surface area contributed by atoms with Crippen LogP contribution < -0.4 is 9.47 Å². The Morgan fingerprint density at radius 3 is 2.19 bits per heavy atom. The van der Waals surface area contributed by atoms with Crippen LogP contribution in [0.5, 0.6) is 11.5 Å². The van der Waals surface area contributed by atoms with Gasteiger partial charge in [-0.2, -0.15) is 0 Å². The molecule has 0 aromatic heterocycles. The first kappa shape index (κ1) is 17.9. The topological polar surface area (TPSA) is 52.6 Å². The number of benzene rings is 2. The first-order chi connectivity index (χ1) is 12.7. The van der Waals surface area contributed by atoms with Crippen molar-refractivity contribution in [3.63, 3.8) is 0 Å². The zero-order valence-electron chi connectivity index (χ0n) is 15.1. The van der Waals surface area contributed by atoms with Crippen LogP contribution in [0.2, 0.25) is 0 Å². The predicted octanol–water partition coefficient (Wildman–Crippen LogP) is 4.73. The molecule has 26 heavy (non-hydrogen) atoms. The maximum absolute atomic E-state index is 12.5. The number of carbonyl (C=O) groups excluding carboxylic acids is 2. The molecule has 0 unspecified atom stereocenters. The lowest BCUT2D eigenvalue weighted by Gasteiger charge is -2.12. The number of hydrogen-bond donors (Lipinski definition) is 0. The molecule has 2 aromatic rings. The van der Waals surface area contributed by atoms with Gasteiger partial charge in [-0.05, 0) is 37.1 Å². The summed E-state index contributed by atoms with van der Waals surface area (Å²) in [5.74, 6) is 0.835. The summed E-state index contributed by atoms with van der Waals surface area (Å²) in [6, 6.07) is 12.4. The molecule has 0 radical (unpaired) electrons. The van der Waals surface area contributed by atoms with E-state index in [4.69, 9.17) is 9.47 Å². The molecular formula is C22H22O4. The van der Waals surface area contributed by atoms with Gasteiger partial charge in [-0.25, -0.2) is 0 Å². The van der Waals surface area contributed by atoms with Crippen LogP contribution in [-0.4, -0.2) is 24.8 Å². The van der Waals surface area contributed by atoms with Crippen molar-refractivity contribution in [1.29, 1.82) is 0 Å². The molecule has 4 nitrogen and oxygen atoms in total. The Morgan fingerprint density at radius 1 is 0.885 bits per heavy atom. The summed E-state index contributed by atoms with van der Waals surface area (Å²) in [5, 5.41) is 0. The fraction of sp³-hybridized carbons (Fsp3) is 0.273. The highest BCUT2D eigenvalue weighted by molar-refractivity contribution is 6.41. The molecule has 1 aliphatic rings. The van der Waals surface area contributed by atoms with Crippen LogP contribution in [-0.2, 0) is 0 Å². The summed E-state index contributed by atoms with van der Waals surface area (Å²) in [6.07, 6.45) is 3.65. The highest BCUT2D eigenvalue weighted by atomic mass is 16.5. The molecule has 0 aliphatic heterocycles. The average molecular weight is 350 g/mol. The van der Waals surface area contributed by atoms with Crippen molar-refractivity contribution < 1.29 is 19.1 Å². The standard InChI is InChI=1S/C22H22O4/c1-3-5-12-26-19-11-10-15(14-20(19)25-4-2)13-18-21(23)16-8-6-7-9-17(16)22(18)24/h6-11,13-14H,3-5,12H2,1-2H3. The van der Waals surface area contributed by atoms with Gasteiger partial charge in [0.1, 0.15) is 0 Å². The predicted molar refractivity (Wildman–Crippen MR) is 101 cm³/mol. The maximum Gasteiger partial charge on any atom is 0.197 e. The Hall–Kier alpha value is -2.88. The molecule has 0 spiro atoms. The Balaban J connectivity index is 1.90. The number of ketones is 2. The van der Waals surface area contributed by atoms with Crippen LogP contribution in [0.1, 0.15) is 53.0 Å². The quantitative estimate of drug-likeness (QED) is 0.412. The van der Waals surface area contributed by atoms with Crippen LogP contribution in [0.25, 0.3) is 6.08 Å². The van der Waals surface area contributed by atoms with Gasteiger partial charge in [0.2, 0.25) is 0 Å². The smallest absolute Gasteiger partial charge is 0.197 e. The molecule has 0 saturated heterocycles. The van der Waals surface area contributed by atoms with Gasteiger partial charge in [-0.3, -0.25) is 9.59 Å². The number of Topliss-reactive ketones (excluding diaryl/α,β-unsaturated/α-hetero) is 2. The molecule has 0 heterocycles. The minimum atomic E-state index is -0.230. The van der Waals surface area contributed by atoms with E-state index in [1.165, 1.54) is 0 Å². The molecule has 0 saturated carbocycles. The van der Waals surface area contributed by atoms with E-state index in [1.54, 1.807) is 36.4 Å². The van der Waals surface area contributed by atoms with E-state index in [-0.39, 0.29) is 17.1 Å². The SMILES string of the molecule is CCCCOc1ccc(C=C2C(=O)c3ccccc3C2=O)cc1OCC. The number of rotatable bonds is 7. The second-order valence-electron chi connectivity index (χ2n) is 6.10. The molecule has 0 amide bonds. The van der Waals surface area contributed by atoms with Crippen molar-refractivity contribution >= 4 is 17.6 Å². The second kappa shape index (κ2) is 8.00. The van der Waals surface area contributed by atoms with E-state index >= 15 is 0 Å². The van der Waals surface area contributed by atoms with E-state index in [0.717, 1.165) is 18.4 Å². The molecular weight excluding hydrogens is 328 g/mol. The molecule has 0 N–H and O–H groups in total. The largest absolute Gasteiger partial charge is 0.490 e. The zero-order chi connectivity index (χ0) is 18.5. The molecule has 2 aromatic carbocycles. The summed E-state index contributed by atoms with van der Waals surface area (Å²) in [7, 11) is 0. The van der Waals surface area contributed by atoms with Gasteiger partial charge in [0.05, 0.1) is 18.8 Å². The summed E-state index contributed by atoms with van der Waals surface area (Å²) < 4.78 is 11.4. The van der Waals surface area contributed by atoms with Crippen molar-refractivity contribution in [3.05, 3.63) is 64.7 Å². The van der Waals surface area contributed by atoms with Crippen molar-refractivity contribution in [2.24, 2.45) is 0 Å². The van der Waals surface area contributed by atoms with Crippen molar-refractivity contribution in [2.75, 3.05) is 13.2 Å². The van der Waals surface area contributed by atoms with Gasteiger partial charge in [0.15, 0.2) is 23.1 Å². The lowest BCUT2D eigenvalue weighted by atomic mass is 10.1. The van der Waals surface area contributed by atoms with Crippen molar-refractivity contribution in [3.8, 4) is 11.5 Å². The average Bonchev–Trinajstić information content (AvgIpc) is 2.89. The fourth-order valence-electron chi connectivity index (χ4n) is 2.90. The van der Waals surface area contributed by atoms with Crippen molar-refractivity contribution in [1.82, 2.24) is 0 Å². The van der Waals surface area contributed by atoms with Crippen LogP contribution in [0.4, 0.5) is 0 Å². The maximum atomic E-state index is 12.5. The van der Waals surface area contributed by atoms with Gasteiger partial charge < -0.3 is 9.47 Å². The van der Waals surface area contributed by atoms with E-state index in [9.17, 15) is 9.59 Å². The number of unbranched alkanes of at least 4 members (excludes halogenated alkanes) is 1. The van der Waals surface area contributed by atoms with Gasteiger partial charge in [-0.1, -0.05) is 43.7 Å². The molecule has 1 aliphatic carbocycles. The van der Waals surface area contributed by atoms with Crippen molar-refractivity contribution in [2.45, 2.75) is 26.7 Å². The lowest BCUT2D eigenvalue weighted by Crippen LogP contribution is -2.02. The summed E-state index contributed by atoms with van der Waals surface area (Å²) >= 11 is 0. The van der Waals surface area contributed by atoms with Gasteiger partial charge in [0.25, 0.3) is 0 Å². The number of allylic oxidation sites excluding steroid dienone is 1. The first-order valence-electron chi connectivity index (χ1n) is 8.95. The van der Waals surface area contributed by atoms with E-state index in [0.29, 0.717) is 35.8 Å². The normalized spacial score (nSPS) is 12.9. The summed E-state index contributed by atoms with van der Waals surface area (Å²) in [4.78, 5) is 25.0. The molecule has 4 heteroatoms. The summed E-state index contributed by atoms with van der Waals surface area (Å²) in [6.45, 7) is 5.15. The molecule has 0 bridgehead atoms. The van der Waals surface area contributed by atoms with Crippen LogP contribution in [0.3, 0.4) is 0 Å². The number of carbonyl (C=O) groups is 2. The highest BCUT2D eigenvalue weighted by Gasteiger charge is 2.32. The Bertz CT molecular complexity index is 827. The molecule has 134 valence electrons. The van der Waals surface area contributed by atoms with E-state index in [1.807, 2.05) is 19.1 Å². The third kappa shape index (κ3) is 3.54. The Morgan fingerprint density at radius 2 is 1.58 bits per heavy atom. The van der Waals surface area contributed by atoms with Gasteiger partial charge >= 0.3 is 0 Å². The Kier molecular flexibility index (Phi) is 5.52. The number of hydrogen-bond acceptors (Lipinski definition) is 4. The zero-order valence-corrected chi connectivity index (χ0v) is 15.1. The number of fused-ring (bicyclic) bond motifs is 1. The lowest BCUT2D eigenvalue weighted by molar-refractivity contribution is 0.0990. The first-order valence-corrected chi connectivity index (χ1v) is 8.95. The fourth-order valence-corrected chi connectivity index (χ4v) is 2.90. The van der Waals surface area contributed by atoms with Crippen LogP contribution >= 0.6 is 0 Å². The second-order valence-corrected chi connectivity index (χ2v) is 6.10. The number of ether oxygens (including phenoxy) is 2. The van der Waals surface area contributed by atoms with E-state index in [2.05, 4.69) is 6.92 Å². The monoisotopic (exact) mass is 350 g/mol. The third-order valence-electron chi connectivity index (χ3n) is 4.24.